The van der Waals surface area contributed by atoms with Crippen molar-refractivity contribution in [2.45, 2.75) is 38.1 Å². The number of nitrogen functional groups attached to an aromatic ring is 1. The lowest BCUT2D eigenvalue weighted by Gasteiger charge is -2.31. The molecule has 0 spiro atoms. The molecule has 0 radical (unpaired) electrons. The summed E-state index contributed by atoms with van der Waals surface area (Å²) in [5, 5.41) is 0. The molecule has 2 N–H and O–H groups in total. The van der Waals surface area contributed by atoms with Crippen molar-refractivity contribution in [2.75, 3.05) is 12.8 Å². The molecule has 1 aliphatic rings. The maximum atomic E-state index is 12.2. The van der Waals surface area contributed by atoms with Crippen LogP contribution in [0.3, 0.4) is 0 Å². The van der Waals surface area contributed by atoms with Crippen LogP contribution in [0.25, 0.3) is 0 Å². The number of pyridine rings is 1. The van der Waals surface area contributed by atoms with Crippen LogP contribution in [-0.4, -0.2) is 28.9 Å². The Bertz CT molecular complexity index is 399. The van der Waals surface area contributed by atoms with Crippen LogP contribution in [0, 0.1) is 0 Å². The fourth-order valence-electron chi connectivity index (χ4n) is 2.41. The molecule has 1 fully saturated rings. The molecule has 1 amide bonds. The molecule has 0 unspecified atom stereocenters. The molecule has 1 aliphatic carbocycles. The van der Waals surface area contributed by atoms with Gasteiger partial charge in [0, 0.05) is 25.5 Å². The van der Waals surface area contributed by atoms with Gasteiger partial charge in [0.25, 0.3) is 5.91 Å². The second-order valence-electron chi connectivity index (χ2n) is 4.71. The van der Waals surface area contributed by atoms with Gasteiger partial charge < -0.3 is 10.6 Å². The summed E-state index contributed by atoms with van der Waals surface area (Å²) >= 11 is 0. The molecule has 0 aliphatic heterocycles. The van der Waals surface area contributed by atoms with Crippen LogP contribution in [0.2, 0.25) is 0 Å². The predicted octanol–water partition coefficient (Wildman–Crippen LogP) is 2.07. The number of rotatable bonds is 2. The highest BCUT2D eigenvalue weighted by atomic mass is 16.2. The number of nitrogens with zero attached hydrogens (tertiary/aromatic N) is 2. The average Bonchev–Trinajstić information content (AvgIpc) is 2.38. The lowest BCUT2D eigenvalue weighted by molar-refractivity contribution is 0.0696. The van der Waals surface area contributed by atoms with Crippen molar-refractivity contribution in [3.05, 3.63) is 24.0 Å². The molecule has 0 aromatic carbocycles. The zero-order chi connectivity index (χ0) is 12.3. The SMILES string of the molecule is CN(C(=O)c1cncc(N)c1)C1CCCCC1. The first-order chi connectivity index (χ1) is 8.18. The van der Waals surface area contributed by atoms with Crippen molar-refractivity contribution < 1.29 is 4.79 Å². The Morgan fingerprint density at radius 3 is 2.71 bits per heavy atom. The van der Waals surface area contributed by atoms with Crippen LogP contribution in [0.1, 0.15) is 42.5 Å². The number of aromatic nitrogens is 1. The minimum Gasteiger partial charge on any atom is -0.397 e. The molecule has 0 bridgehead atoms. The van der Waals surface area contributed by atoms with Gasteiger partial charge in [0.05, 0.1) is 11.3 Å². The van der Waals surface area contributed by atoms with Gasteiger partial charge in [-0.25, -0.2) is 0 Å². The largest absolute Gasteiger partial charge is 0.397 e. The number of carbonyl (C=O) groups excluding carboxylic acids is 1. The van der Waals surface area contributed by atoms with Gasteiger partial charge in [-0.3, -0.25) is 9.78 Å². The zero-order valence-corrected chi connectivity index (χ0v) is 10.2. The van der Waals surface area contributed by atoms with Gasteiger partial charge >= 0.3 is 0 Å². The van der Waals surface area contributed by atoms with Gasteiger partial charge in [-0.1, -0.05) is 19.3 Å². The zero-order valence-electron chi connectivity index (χ0n) is 10.2. The summed E-state index contributed by atoms with van der Waals surface area (Å²) in [6.07, 6.45) is 9.08. The molecule has 1 saturated carbocycles. The maximum absolute atomic E-state index is 12.2. The molecule has 1 heterocycles. The number of amides is 1. The normalized spacial score (nSPS) is 16.8. The molecular formula is C13H19N3O. The lowest BCUT2D eigenvalue weighted by Crippen LogP contribution is -2.38. The smallest absolute Gasteiger partial charge is 0.255 e. The molecule has 1 aromatic rings. The van der Waals surface area contributed by atoms with Crippen LogP contribution in [0.5, 0.6) is 0 Å². The fourth-order valence-corrected chi connectivity index (χ4v) is 2.41. The Hall–Kier alpha value is -1.58. The summed E-state index contributed by atoms with van der Waals surface area (Å²) in [7, 11) is 1.88. The van der Waals surface area contributed by atoms with Crippen molar-refractivity contribution in [1.29, 1.82) is 0 Å². The molecule has 4 nitrogen and oxygen atoms in total. The highest BCUT2D eigenvalue weighted by Crippen LogP contribution is 2.22. The van der Waals surface area contributed by atoms with E-state index in [1.54, 1.807) is 18.5 Å². The van der Waals surface area contributed by atoms with E-state index in [2.05, 4.69) is 4.98 Å². The van der Waals surface area contributed by atoms with Crippen molar-refractivity contribution in [3.8, 4) is 0 Å². The molecule has 0 saturated heterocycles. The van der Waals surface area contributed by atoms with Gasteiger partial charge in [-0.05, 0) is 18.9 Å². The highest BCUT2D eigenvalue weighted by Gasteiger charge is 2.23. The van der Waals surface area contributed by atoms with Gasteiger partial charge in [-0.15, -0.1) is 0 Å². The number of anilines is 1. The van der Waals surface area contributed by atoms with E-state index in [9.17, 15) is 4.79 Å². The van der Waals surface area contributed by atoms with E-state index in [1.807, 2.05) is 11.9 Å². The van der Waals surface area contributed by atoms with Crippen LogP contribution < -0.4 is 5.73 Å². The van der Waals surface area contributed by atoms with Crippen LogP contribution in [-0.2, 0) is 0 Å². The van der Waals surface area contributed by atoms with Gasteiger partial charge in [0.2, 0.25) is 0 Å². The van der Waals surface area contributed by atoms with E-state index in [1.165, 1.54) is 19.3 Å². The molecule has 17 heavy (non-hydrogen) atoms. The molecule has 1 aromatic heterocycles. The monoisotopic (exact) mass is 233 g/mol. The molecule has 0 atom stereocenters. The third-order valence-corrected chi connectivity index (χ3v) is 3.45. The Labute approximate surface area is 102 Å². The summed E-state index contributed by atoms with van der Waals surface area (Å²) in [6.45, 7) is 0. The van der Waals surface area contributed by atoms with Gasteiger partial charge in [0.1, 0.15) is 0 Å². The highest BCUT2D eigenvalue weighted by molar-refractivity contribution is 5.94. The van der Waals surface area contributed by atoms with Crippen molar-refractivity contribution >= 4 is 11.6 Å². The van der Waals surface area contributed by atoms with E-state index in [4.69, 9.17) is 5.73 Å². The maximum Gasteiger partial charge on any atom is 0.255 e. The molecular weight excluding hydrogens is 214 g/mol. The minimum absolute atomic E-state index is 0.0247. The number of hydrogen-bond acceptors (Lipinski definition) is 3. The molecule has 4 heteroatoms. The van der Waals surface area contributed by atoms with Crippen molar-refractivity contribution in [2.24, 2.45) is 0 Å². The fraction of sp³-hybridized carbons (Fsp3) is 0.538. The summed E-state index contributed by atoms with van der Waals surface area (Å²) in [6, 6.07) is 2.06. The first kappa shape index (κ1) is 11.9. The summed E-state index contributed by atoms with van der Waals surface area (Å²) in [4.78, 5) is 18.0. The average molecular weight is 233 g/mol. The quantitative estimate of drug-likeness (QED) is 0.850. The third kappa shape index (κ3) is 2.75. The molecule has 2 rings (SSSR count). The van der Waals surface area contributed by atoms with E-state index >= 15 is 0 Å². The number of carbonyl (C=O) groups is 1. The summed E-state index contributed by atoms with van der Waals surface area (Å²) < 4.78 is 0. The lowest BCUT2D eigenvalue weighted by atomic mass is 9.94. The van der Waals surface area contributed by atoms with E-state index < -0.39 is 0 Å². The third-order valence-electron chi connectivity index (χ3n) is 3.45. The van der Waals surface area contributed by atoms with E-state index in [-0.39, 0.29) is 5.91 Å². The Morgan fingerprint density at radius 2 is 2.06 bits per heavy atom. The topological polar surface area (TPSA) is 59.2 Å². The first-order valence-corrected chi connectivity index (χ1v) is 6.16. The van der Waals surface area contributed by atoms with Crippen molar-refractivity contribution in [3.63, 3.8) is 0 Å². The van der Waals surface area contributed by atoms with E-state index in [0.29, 0.717) is 17.3 Å². The van der Waals surface area contributed by atoms with Crippen LogP contribution >= 0.6 is 0 Å². The van der Waals surface area contributed by atoms with Crippen molar-refractivity contribution in [1.82, 2.24) is 9.88 Å². The second-order valence-corrected chi connectivity index (χ2v) is 4.71. The Kier molecular flexibility index (Phi) is 3.61. The van der Waals surface area contributed by atoms with Gasteiger partial charge in [0.15, 0.2) is 0 Å². The number of nitrogens with two attached hydrogens (primary N) is 1. The minimum atomic E-state index is 0.0247. The second kappa shape index (κ2) is 5.17. The predicted molar refractivity (Wildman–Crippen MR) is 67.6 cm³/mol. The summed E-state index contributed by atoms with van der Waals surface area (Å²) in [5.74, 6) is 0.0247. The van der Waals surface area contributed by atoms with E-state index in [0.717, 1.165) is 12.8 Å². The van der Waals surface area contributed by atoms with Crippen LogP contribution in [0.15, 0.2) is 18.5 Å². The summed E-state index contributed by atoms with van der Waals surface area (Å²) in [5.41, 5.74) is 6.76. The van der Waals surface area contributed by atoms with Gasteiger partial charge in [-0.2, -0.15) is 0 Å². The number of hydrogen-bond donors (Lipinski definition) is 1. The Balaban J connectivity index is 2.08. The Morgan fingerprint density at radius 1 is 1.35 bits per heavy atom. The van der Waals surface area contributed by atoms with Crippen LogP contribution in [0.4, 0.5) is 5.69 Å². The first-order valence-electron chi connectivity index (χ1n) is 6.16. The molecule has 92 valence electrons. The standard InChI is InChI=1S/C13H19N3O/c1-16(12-5-3-2-4-6-12)13(17)10-7-11(14)9-15-8-10/h7-9,12H,2-6,14H2,1H3.